The van der Waals surface area contributed by atoms with E-state index in [2.05, 4.69) is 10.2 Å². The molecule has 1 aromatic rings. The molecule has 106 valence electrons. The molecule has 0 aromatic carbocycles. The molecule has 1 saturated carbocycles. The van der Waals surface area contributed by atoms with Gasteiger partial charge in [-0.3, -0.25) is 10.5 Å². The van der Waals surface area contributed by atoms with Crippen molar-refractivity contribution < 1.29 is 8.42 Å². The van der Waals surface area contributed by atoms with E-state index in [9.17, 15) is 8.42 Å². The second kappa shape index (κ2) is 4.93. The average molecular weight is 285 g/mol. The van der Waals surface area contributed by atoms with E-state index in [1.165, 1.54) is 4.31 Å². The predicted octanol–water partition coefficient (Wildman–Crippen LogP) is 0.506. The zero-order valence-electron chi connectivity index (χ0n) is 11.1. The minimum absolute atomic E-state index is 0.00138. The van der Waals surface area contributed by atoms with Crippen molar-refractivity contribution >= 4 is 15.9 Å². The van der Waals surface area contributed by atoms with Crippen molar-refractivity contribution in [2.24, 2.45) is 5.73 Å². The zero-order chi connectivity index (χ0) is 14.2. The highest BCUT2D eigenvalue weighted by Gasteiger charge is 2.39. The van der Waals surface area contributed by atoms with Crippen LogP contribution in [-0.4, -0.2) is 41.3 Å². The number of aromatic nitrogens is 2. The van der Waals surface area contributed by atoms with E-state index >= 15 is 0 Å². The molecule has 8 heteroatoms. The van der Waals surface area contributed by atoms with Crippen molar-refractivity contribution in [3.8, 4) is 0 Å². The number of nitrogens with zero attached hydrogens (tertiary/aromatic N) is 2. The molecule has 1 aromatic heterocycles. The number of rotatable bonds is 6. The van der Waals surface area contributed by atoms with Gasteiger partial charge < -0.3 is 5.73 Å². The first kappa shape index (κ1) is 14.0. The van der Waals surface area contributed by atoms with Gasteiger partial charge in [0.25, 0.3) is 0 Å². The summed E-state index contributed by atoms with van der Waals surface area (Å²) in [4.78, 5) is 0.253. The molecule has 0 spiro atoms. The third-order valence-corrected chi connectivity index (χ3v) is 5.40. The molecule has 0 saturated heterocycles. The van der Waals surface area contributed by atoms with Crippen LogP contribution >= 0.6 is 0 Å². The topological polar surface area (TPSA) is 116 Å². The van der Waals surface area contributed by atoms with Crippen LogP contribution in [0.3, 0.4) is 0 Å². The summed E-state index contributed by atoms with van der Waals surface area (Å²) >= 11 is 0. The number of amidine groups is 1. The number of nitrogens with two attached hydrogens (primary N) is 1. The number of aryl methyl sites for hydroxylation is 2. The van der Waals surface area contributed by atoms with Crippen LogP contribution < -0.4 is 5.73 Å². The van der Waals surface area contributed by atoms with Gasteiger partial charge in [0.05, 0.1) is 17.2 Å². The summed E-state index contributed by atoms with van der Waals surface area (Å²) in [6, 6.07) is 0.0399. The second-order valence-corrected chi connectivity index (χ2v) is 6.71. The SMILES string of the molecule is Cc1n[nH]c(C)c1S(=O)(=O)N(CCC(=N)N)C1CC1. The smallest absolute Gasteiger partial charge is 0.246 e. The van der Waals surface area contributed by atoms with Gasteiger partial charge in [0.15, 0.2) is 0 Å². The lowest BCUT2D eigenvalue weighted by Gasteiger charge is -2.21. The van der Waals surface area contributed by atoms with Crippen molar-refractivity contribution in [2.75, 3.05) is 6.54 Å². The number of H-pyrrole nitrogens is 1. The first-order chi connectivity index (χ1) is 8.84. The van der Waals surface area contributed by atoms with E-state index in [4.69, 9.17) is 11.1 Å². The Hall–Kier alpha value is -1.41. The summed E-state index contributed by atoms with van der Waals surface area (Å²) in [5, 5.41) is 13.9. The second-order valence-electron chi connectivity index (χ2n) is 4.89. The Kier molecular flexibility index (Phi) is 3.64. The minimum atomic E-state index is -3.56. The van der Waals surface area contributed by atoms with Gasteiger partial charge in [-0.25, -0.2) is 8.42 Å². The molecule has 1 heterocycles. The molecule has 2 rings (SSSR count). The first-order valence-electron chi connectivity index (χ1n) is 6.20. The van der Waals surface area contributed by atoms with Gasteiger partial charge in [0.1, 0.15) is 4.90 Å². The molecule has 4 N–H and O–H groups in total. The lowest BCUT2D eigenvalue weighted by Crippen LogP contribution is -2.36. The third kappa shape index (κ3) is 2.79. The largest absolute Gasteiger partial charge is 0.388 e. The molecule has 0 atom stereocenters. The van der Waals surface area contributed by atoms with Crippen LogP contribution in [0.25, 0.3) is 0 Å². The molecule has 19 heavy (non-hydrogen) atoms. The van der Waals surface area contributed by atoms with Gasteiger partial charge in [-0.2, -0.15) is 9.40 Å². The summed E-state index contributed by atoms with van der Waals surface area (Å²) in [5.74, 6) is 0.00138. The van der Waals surface area contributed by atoms with Gasteiger partial charge in [0, 0.05) is 19.0 Å². The van der Waals surface area contributed by atoms with Gasteiger partial charge >= 0.3 is 0 Å². The van der Waals surface area contributed by atoms with Crippen LogP contribution in [0.2, 0.25) is 0 Å². The Morgan fingerprint density at radius 2 is 2.16 bits per heavy atom. The Bertz CT molecular complexity index is 569. The van der Waals surface area contributed by atoms with Crippen molar-refractivity contribution in [1.29, 1.82) is 5.41 Å². The molecule has 1 aliphatic carbocycles. The molecule has 0 amide bonds. The number of hydrogen-bond acceptors (Lipinski definition) is 4. The standard InChI is InChI=1S/C11H19N5O2S/c1-7-11(8(2)15-14-7)19(17,18)16(9-3-4-9)6-5-10(12)13/h9H,3-6H2,1-2H3,(H3,12,13)(H,14,15). The lowest BCUT2D eigenvalue weighted by molar-refractivity contribution is 0.412. The highest BCUT2D eigenvalue weighted by atomic mass is 32.2. The Balaban J connectivity index is 2.32. The van der Waals surface area contributed by atoms with Crippen LogP contribution in [0.5, 0.6) is 0 Å². The number of nitrogens with one attached hydrogen (secondary N) is 2. The van der Waals surface area contributed by atoms with Crippen LogP contribution in [0.1, 0.15) is 30.7 Å². The highest BCUT2D eigenvalue weighted by Crippen LogP contribution is 2.33. The highest BCUT2D eigenvalue weighted by molar-refractivity contribution is 7.89. The van der Waals surface area contributed by atoms with Crippen molar-refractivity contribution in [1.82, 2.24) is 14.5 Å². The molecule has 1 aliphatic rings. The number of sulfonamides is 1. The normalized spacial score (nSPS) is 15.9. The Morgan fingerprint density at radius 1 is 1.53 bits per heavy atom. The van der Waals surface area contributed by atoms with Crippen molar-refractivity contribution in [3.63, 3.8) is 0 Å². The fourth-order valence-electron chi connectivity index (χ4n) is 2.13. The third-order valence-electron chi connectivity index (χ3n) is 3.18. The Morgan fingerprint density at radius 3 is 2.58 bits per heavy atom. The Labute approximate surface area is 112 Å². The maximum Gasteiger partial charge on any atom is 0.246 e. The fourth-order valence-corrected chi connectivity index (χ4v) is 4.15. The fraction of sp³-hybridized carbons (Fsp3) is 0.636. The van der Waals surface area contributed by atoms with Gasteiger partial charge in [-0.15, -0.1) is 0 Å². The van der Waals surface area contributed by atoms with E-state index < -0.39 is 10.0 Å². The summed E-state index contributed by atoms with van der Waals surface area (Å²) in [6.45, 7) is 3.63. The molecule has 7 nitrogen and oxygen atoms in total. The zero-order valence-corrected chi connectivity index (χ0v) is 11.9. The average Bonchev–Trinajstić information content (AvgIpc) is 3.04. The lowest BCUT2D eigenvalue weighted by atomic mass is 10.4. The van der Waals surface area contributed by atoms with E-state index in [1.54, 1.807) is 13.8 Å². The van der Waals surface area contributed by atoms with Crippen LogP contribution in [0.15, 0.2) is 4.90 Å². The molecule has 0 bridgehead atoms. The minimum Gasteiger partial charge on any atom is -0.388 e. The van der Waals surface area contributed by atoms with Crippen molar-refractivity contribution in [2.45, 2.75) is 44.0 Å². The van der Waals surface area contributed by atoms with Crippen LogP contribution in [-0.2, 0) is 10.0 Å². The van der Waals surface area contributed by atoms with Gasteiger partial charge in [-0.05, 0) is 26.7 Å². The maximum atomic E-state index is 12.7. The molecule has 0 aliphatic heterocycles. The first-order valence-corrected chi connectivity index (χ1v) is 7.64. The predicted molar refractivity (Wildman–Crippen MR) is 71.5 cm³/mol. The monoisotopic (exact) mass is 285 g/mol. The quantitative estimate of drug-likeness (QED) is 0.521. The number of aromatic amines is 1. The van der Waals surface area contributed by atoms with E-state index in [0.29, 0.717) is 11.4 Å². The summed E-state index contributed by atoms with van der Waals surface area (Å²) in [5.41, 5.74) is 6.35. The summed E-state index contributed by atoms with van der Waals surface area (Å²) < 4.78 is 26.8. The molecule has 1 fully saturated rings. The van der Waals surface area contributed by atoms with Crippen molar-refractivity contribution in [3.05, 3.63) is 11.4 Å². The molecule has 0 radical (unpaired) electrons. The maximum absolute atomic E-state index is 12.7. The van der Waals surface area contributed by atoms with Gasteiger partial charge in [0.2, 0.25) is 10.0 Å². The number of hydrogen-bond donors (Lipinski definition) is 3. The van der Waals surface area contributed by atoms with E-state index in [0.717, 1.165) is 12.8 Å². The van der Waals surface area contributed by atoms with Crippen LogP contribution in [0.4, 0.5) is 0 Å². The molecular formula is C11H19N5O2S. The molecule has 0 unspecified atom stereocenters. The van der Waals surface area contributed by atoms with Crippen LogP contribution in [0, 0.1) is 19.3 Å². The summed E-state index contributed by atoms with van der Waals surface area (Å²) in [7, 11) is -3.56. The van der Waals surface area contributed by atoms with E-state index in [-0.39, 0.29) is 29.7 Å². The van der Waals surface area contributed by atoms with Gasteiger partial charge in [-0.1, -0.05) is 0 Å². The van der Waals surface area contributed by atoms with E-state index in [1.807, 2.05) is 0 Å². The molecular weight excluding hydrogens is 266 g/mol. The summed E-state index contributed by atoms with van der Waals surface area (Å²) in [6.07, 6.45) is 1.99.